The van der Waals surface area contributed by atoms with E-state index in [4.69, 9.17) is 0 Å². The number of Topliss-reactive ketones (excluding diaryl/α,β-unsaturated/α-hetero) is 1. The van der Waals surface area contributed by atoms with Crippen LogP contribution in [0.1, 0.15) is 21.7 Å². The van der Waals surface area contributed by atoms with E-state index in [2.05, 4.69) is 20.0 Å². The van der Waals surface area contributed by atoms with Crippen molar-refractivity contribution < 1.29 is 4.79 Å². The Morgan fingerprint density at radius 1 is 0.963 bits per heavy atom. The maximum Gasteiger partial charge on any atom is 0.204 e. The molecule has 0 aliphatic heterocycles. The summed E-state index contributed by atoms with van der Waals surface area (Å²) in [5, 5.41) is 12.4. The molecular weight excluding hydrogens is 338 g/mol. The first-order valence-corrected chi connectivity index (χ1v) is 8.74. The van der Waals surface area contributed by atoms with Crippen LogP contribution in [-0.2, 0) is 6.54 Å². The van der Waals surface area contributed by atoms with Gasteiger partial charge in [-0.1, -0.05) is 48.5 Å². The molecule has 2 heterocycles. The van der Waals surface area contributed by atoms with Crippen LogP contribution in [0.4, 0.5) is 0 Å². The standard InChI is InChI=1S/C21H19N5O/c1-15-13-19(16(2)26(15)18-11-7-4-8-12-18)20(27)14-25-23-21(22-24-25)17-9-5-3-6-10-17/h3-13H,14H2,1-2H3. The molecule has 0 aliphatic rings. The lowest BCUT2D eigenvalue weighted by Gasteiger charge is -2.09. The first-order chi connectivity index (χ1) is 13.1. The van der Waals surface area contributed by atoms with Gasteiger partial charge in [-0.05, 0) is 37.3 Å². The van der Waals surface area contributed by atoms with Gasteiger partial charge >= 0.3 is 0 Å². The first-order valence-electron chi connectivity index (χ1n) is 8.74. The molecule has 0 amide bonds. The van der Waals surface area contributed by atoms with E-state index in [0.29, 0.717) is 11.4 Å². The molecule has 0 N–H and O–H groups in total. The van der Waals surface area contributed by atoms with Crippen molar-refractivity contribution in [2.75, 3.05) is 0 Å². The number of rotatable bonds is 5. The highest BCUT2D eigenvalue weighted by Crippen LogP contribution is 2.21. The van der Waals surface area contributed by atoms with Gasteiger partial charge in [0, 0.05) is 28.2 Å². The summed E-state index contributed by atoms with van der Waals surface area (Å²) < 4.78 is 2.08. The van der Waals surface area contributed by atoms with Crippen molar-refractivity contribution in [3.8, 4) is 17.1 Å². The van der Waals surface area contributed by atoms with Crippen LogP contribution in [0.5, 0.6) is 0 Å². The zero-order valence-electron chi connectivity index (χ0n) is 15.2. The predicted molar refractivity (Wildman–Crippen MR) is 103 cm³/mol. The van der Waals surface area contributed by atoms with Gasteiger partial charge in [-0.3, -0.25) is 4.79 Å². The summed E-state index contributed by atoms with van der Waals surface area (Å²) in [6, 6.07) is 21.5. The van der Waals surface area contributed by atoms with E-state index in [9.17, 15) is 4.79 Å². The van der Waals surface area contributed by atoms with E-state index in [1.165, 1.54) is 4.80 Å². The number of carbonyl (C=O) groups excluding carboxylic acids is 1. The van der Waals surface area contributed by atoms with Crippen LogP contribution in [0.15, 0.2) is 66.7 Å². The molecule has 0 bridgehead atoms. The molecule has 6 heteroatoms. The average Bonchev–Trinajstić information content (AvgIpc) is 3.27. The molecular formula is C21H19N5O. The molecule has 4 aromatic rings. The minimum absolute atomic E-state index is 0.0395. The number of aromatic nitrogens is 5. The Morgan fingerprint density at radius 2 is 1.63 bits per heavy atom. The molecule has 0 aliphatic carbocycles. The predicted octanol–water partition coefficient (Wildman–Crippen LogP) is 3.63. The van der Waals surface area contributed by atoms with Crippen LogP contribution in [0, 0.1) is 13.8 Å². The number of para-hydroxylation sites is 1. The van der Waals surface area contributed by atoms with Crippen molar-refractivity contribution >= 4 is 5.78 Å². The Morgan fingerprint density at radius 3 is 2.33 bits per heavy atom. The first kappa shape index (κ1) is 16.9. The zero-order valence-corrected chi connectivity index (χ0v) is 15.2. The Balaban J connectivity index is 1.59. The summed E-state index contributed by atoms with van der Waals surface area (Å²) in [6.07, 6.45) is 0. The largest absolute Gasteiger partial charge is 0.318 e. The molecule has 6 nitrogen and oxygen atoms in total. The second kappa shape index (κ2) is 6.99. The lowest BCUT2D eigenvalue weighted by atomic mass is 10.1. The zero-order chi connectivity index (χ0) is 18.8. The molecule has 0 radical (unpaired) electrons. The molecule has 0 saturated heterocycles. The van der Waals surface area contributed by atoms with Crippen LogP contribution >= 0.6 is 0 Å². The third kappa shape index (κ3) is 3.29. The van der Waals surface area contributed by atoms with Gasteiger partial charge in [0.1, 0.15) is 6.54 Å². The Labute approximate surface area is 157 Å². The molecule has 2 aromatic heterocycles. The molecule has 0 fully saturated rings. The topological polar surface area (TPSA) is 65.6 Å². The van der Waals surface area contributed by atoms with Gasteiger partial charge in [-0.15, -0.1) is 10.2 Å². The molecule has 0 atom stereocenters. The molecule has 27 heavy (non-hydrogen) atoms. The maximum absolute atomic E-state index is 12.8. The van der Waals surface area contributed by atoms with Gasteiger partial charge < -0.3 is 4.57 Å². The average molecular weight is 357 g/mol. The quantitative estimate of drug-likeness (QED) is 0.512. The van der Waals surface area contributed by atoms with Crippen LogP contribution in [0.25, 0.3) is 17.1 Å². The number of carbonyl (C=O) groups is 1. The highest BCUT2D eigenvalue weighted by Gasteiger charge is 2.18. The second-order valence-corrected chi connectivity index (χ2v) is 6.39. The Hall–Kier alpha value is -3.54. The second-order valence-electron chi connectivity index (χ2n) is 6.39. The van der Waals surface area contributed by atoms with Gasteiger partial charge in [-0.25, -0.2) is 0 Å². The SMILES string of the molecule is Cc1cc(C(=O)Cn2nnc(-c3ccccc3)n2)c(C)n1-c1ccccc1. The minimum atomic E-state index is -0.0395. The van der Waals surface area contributed by atoms with Crippen molar-refractivity contribution in [1.82, 2.24) is 24.8 Å². The number of tetrazole rings is 1. The number of aryl methyl sites for hydroxylation is 1. The number of hydrogen-bond acceptors (Lipinski definition) is 4. The number of nitrogens with zero attached hydrogens (tertiary/aromatic N) is 5. The lowest BCUT2D eigenvalue weighted by Crippen LogP contribution is -2.14. The van der Waals surface area contributed by atoms with Gasteiger partial charge in [0.05, 0.1) is 0 Å². The minimum Gasteiger partial charge on any atom is -0.318 e. The number of hydrogen-bond donors (Lipinski definition) is 0. The molecule has 134 valence electrons. The lowest BCUT2D eigenvalue weighted by molar-refractivity contribution is 0.0961. The summed E-state index contributed by atoms with van der Waals surface area (Å²) in [4.78, 5) is 14.2. The fraction of sp³-hybridized carbons (Fsp3) is 0.143. The third-order valence-electron chi connectivity index (χ3n) is 4.52. The highest BCUT2D eigenvalue weighted by molar-refractivity contribution is 5.97. The summed E-state index contributed by atoms with van der Waals surface area (Å²) in [7, 11) is 0. The van der Waals surface area contributed by atoms with Gasteiger partial charge in [0.2, 0.25) is 5.82 Å². The van der Waals surface area contributed by atoms with E-state index in [-0.39, 0.29) is 12.3 Å². The molecule has 0 unspecified atom stereocenters. The number of ketones is 1. The van der Waals surface area contributed by atoms with Crippen molar-refractivity contribution in [3.63, 3.8) is 0 Å². The fourth-order valence-electron chi connectivity index (χ4n) is 3.25. The molecule has 0 saturated carbocycles. The monoisotopic (exact) mass is 357 g/mol. The van der Waals surface area contributed by atoms with E-state index in [1.807, 2.05) is 80.6 Å². The molecule has 2 aromatic carbocycles. The maximum atomic E-state index is 12.8. The Kier molecular flexibility index (Phi) is 4.38. The van der Waals surface area contributed by atoms with Crippen LogP contribution in [-0.4, -0.2) is 30.6 Å². The highest BCUT2D eigenvalue weighted by atomic mass is 16.1. The normalized spacial score (nSPS) is 10.9. The van der Waals surface area contributed by atoms with Gasteiger partial charge in [-0.2, -0.15) is 4.80 Å². The van der Waals surface area contributed by atoms with E-state index in [1.54, 1.807) is 0 Å². The molecule has 4 rings (SSSR count). The van der Waals surface area contributed by atoms with Crippen LogP contribution in [0.3, 0.4) is 0 Å². The Bertz CT molecular complexity index is 1080. The van der Waals surface area contributed by atoms with Gasteiger partial charge in [0.15, 0.2) is 5.78 Å². The fourth-order valence-corrected chi connectivity index (χ4v) is 3.25. The van der Waals surface area contributed by atoms with Crippen LogP contribution < -0.4 is 0 Å². The van der Waals surface area contributed by atoms with E-state index in [0.717, 1.165) is 22.6 Å². The van der Waals surface area contributed by atoms with Crippen molar-refractivity contribution in [2.45, 2.75) is 20.4 Å². The number of benzene rings is 2. The summed E-state index contributed by atoms with van der Waals surface area (Å²) in [5.74, 6) is 0.473. The van der Waals surface area contributed by atoms with Crippen molar-refractivity contribution in [1.29, 1.82) is 0 Å². The molecule has 0 spiro atoms. The van der Waals surface area contributed by atoms with E-state index >= 15 is 0 Å². The summed E-state index contributed by atoms with van der Waals surface area (Å²) in [6.45, 7) is 4.01. The van der Waals surface area contributed by atoms with Crippen molar-refractivity contribution in [3.05, 3.63) is 83.7 Å². The summed E-state index contributed by atoms with van der Waals surface area (Å²) >= 11 is 0. The summed E-state index contributed by atoms with van der Waals surface area (Å²) in [5.41, 5.74) is 4.51. The van der Waals surface area contributed by atoms with Crippen LogP contribution in [0.2, 0.25) is 0 Å². The van der Waals surface area contributed by atoms with Gasteiger partial charge in [0.25, 0.3) is 0 Å². The van der Waals surface area contributed by atoms with E-state index < -0.39 is 0 Å². The van der Waals surface area contributed by atoms with Crippen molar-refractivity contribution in [2.24, 2.45) is 0 Å². The smallest absolute Gasteiger partial charge is 0.204 e. The third-order valence-corrected chi connectivity index (χ3v) is 4.52.